The number of carboxylic acids is 1. The molecule has 0 bridgehead atoms. The Morgan fingerprint density at radius 2 is 1.77 bits per heavy atom. The highest BCUT2D eigenvalue weighted by atomic mass is 32.2. The van der Waals surface area contributed by atoms with Crippen molar-refractivity contribution < 1.29 is 23.1 Å². The first kappa shape index (κ1) is 18.8. The Morgan fingerprint density at radius 1 is 1.08 bits per heavy atom. The Morgan fingerprint density at radius 3 is 2.46 bits per heavy atom. The van der Waals surface area contributed by atoms with Crippen LogP contribution in [-0.4, -0.2) is 60.3 Å². The van der Waals surface area contributed by atoms with Crippen molar-refractivity contribution in [2.45, 2.75) is 37.5 Å². The van der Waals surface area contributed by atoms with E-state index in [1.807, 2.05) is 6.07 Å². The summed E-state index contributed by atoms with van der Waals surface area (Å²) in [6.45, 7) is 0.973. The first-order valence-corrected chi connectivity index (χ1v) is 10.5. The van der Waals surface area contributed by atoms with Gasteiger partial charge in [0.15, 0.2) is 0 Å². The van der Waals surface area contributed by atoms with Gasteiger partial charge in [-0.1, -0.05) is 30.3 Å². The number of benzene rings is 1. The van der Waals surface area contributed by atoms with Crippen LogP contribution in [0.5, 0.6) is 0 Å². The maximum Gasteiger partial charge on any atom is 0.326 e. The number of hydrogen-bond acceptors (Lipinski definition) is 4. The molecule has 2 heterocycles. The largest absolute Gasteiger partial charge is 0.480 e. The molecule has 0 aromatic heterocycles. The summed E-state index contributed by atoms with van der Waals surface area (Å²) >= 11 is 0. The topological polar surface area (TPSA) is 95.0 Å². The first-order chi connectivity index (χ1) is 12.4. The van der Waals surface area contributed by atoms with E-state index in [2.05, 4.69) is 0 Å². The standard InChI is InChI=1S/C18H24N2O5S/c21-17(20-11-5-9-16(20)18(22)23)15-8-4-10-19(12-15)26(24,25)13-14-6-2-1-3-7-14/h1-3,6-7,15-16H,4-5,8-13H2,(H,22,23)/t15?,16-/m0/s1. The zero-order valence-corrected chi connectivity index (χ0v) is 15.4. The van der Waals surface area contributed by atoms with E-state index in [1.54, 1.807) is 24.3 Å². The van der Waals surface area contributed by atoms with Gasteiger partial charge in [-0.25, -0.2) is 17.5 Å². The number of carbonyl (C=O) groups is 2. The van der Waals surface area contributed by atoms with Gasteiger partial charge in [0.1, 0.15) is 6.04 Å². The fraction of sp³-hybridized carbons (Fsp3) is 0.556. The molecular formula is C18H24N2O5S. The number of carboxylic acid groups (broad SMARTS) is 1. The molecule has 2 aliphatic heterocycles. The van der Waals surface area contributed by atoms with Crippen molar-refractivity contribution in [2.75, 3.05) is 19.6 Å². The van der Waals surface area contributed by atoms with Gasteiger partial charge in [0, 0.05) is 19.6 Å². The normalized spacial score (nSPS) is 24.5. The Bertz CT molecular complexity index is 765. The Hall–Kier alpha value is -1.93. The van der Waals surface area contributed by atoms with Crippen LogP contribution in [0.15, 0.2) is 30.3 Å². The lowest BCUT2D eigenvalue weighted by atomic mass is 9.97. The van der Waals surface area contributed by atoms with E-state index in [0.717, 1.165) is 0 Å². The molecule has 1 aromatic rings. The third-order valence-corrected chi connectivity index (χ3v) is 6.96. The lowest BCUT2D eigenvalue weighted by Crippen LogP contribution is -2.49. The molecule has 0 spiro atoms. The minimum absolute atomic E-state index is 0.0871. The fourth-order valence-electron chi connectivity index (χ4n) is 3.79. The minimum Gasteiger partial charge on any atom is -0.480 e. The summed E-state index contributed by atoms with van der Waals surface area (Å²) in [5, 5.41) is 9.28. The van der Waals surface area contributed by atoms with Crippen molar-refractivity contribution in [3.05, 3.63) is 35.9 Å². The van der Waals surface area contributed by atoms with Crippen molar-refractivity contribution in [2.24, 2.45) is 5.92 Å². The molecule has 2 saturated heterocycles. The summed E-state index contributed by atoms with van der Waals surface area (Å²) < 4.78 is 26.8. The van der Waals surface area contributed by atoms with Crippen molar-refractivity contribution in [1.82, 2.24) is 9.21 Å². The predicted molar refractivity (Wildman–Crippen MR) is 95.7 cm³/mol. The van der Waals surface area contributed by atoms with Crippen LogP contribution in [0.1, 0.15) is 31.2 Å². The monoisotopic (exact) mass is 380 g/mol. The molecule has 26 heavy (non-hydrogen) atoms. The highest BCUT2D eigenvalue weighted by Crippen LogP contribution is 2.26. The number of amides is 1. The van der Waals surface area contributed by atoms with Crippen LogP contribution in [0.4, 0.5) is 0 Å². The lowest BCUT2D eigenvalue weighted by Gasteiger charge is -2.34. The highest BCUT2D eigenvalue weighted by Gasteiger charge is 2.40. The van der Waals surface area contributed by atoms with Crippen molar-refractivity contribution >= 4 is 21.9 Å². The third kappa shape index (κ3) is 4.07. The van der Waals surface area contributed by atoms with E-state index in [4.69, 9.17) is 0 Å². The lowest BCUT2D eigenvalue weighted by molar-refractivity contribution is -0.150. The van der Waals surface area contributed by atoms with E-state index in [9.17, 15) is 23.1 Å². The molecule has 1 unspecified atom stereocenters. The molecule has 8 heteroatoms. The molecule has 2 aliphatic rings. The number of sulfonamides is 1. The van der Waals surface area contributed by atoms with E-state index in [0.29, 0.717) is 44.3 Å². The van der Waals surface area contributed by atoms with Gasteiger partial charge in [-0.05, 0) is 31.2 Å². The smallest absolute Gasteiger partial charge is 0.326 e. The van der Waals surface area contributed by atoms with Crippen molar-refractivity contribution in [1.29, 1.82) is 0 Å². The molecular weight excluding hydrogens is 356 g/mol. The van der Waals surface area contributed by atoms with Crippen LogP contribution >= 0.6 is 0 Å². The van der Waals surface area contributed by atoms with Crippen LogP contribution in [-0.2, 0) is 25.4 Å². The van der Waals surface area contributed by atoms with E-state index >= 15 is 0 Å². The molecule has 7 nitrogen and oxygen atoms in total. The molecule has 0 saturated carbocycles. The van der Waals surface area contributed by atoms with Gasteiger partial charge in [0.2, 0.25) is 15.9 Å². The maximum atomic E-state index is 12.8. The third-order valence-electron chi connectivity index (χ3n) is 5.14. The molecule has 1 amide bonds. The van der Waals surface area contributed by atoms with Crippen LogP contribution in [0, 0.1) is 5.92 Å². The van der Waals surface area contributed by atoms with Gasteiger partial charge in [-0.3, -0.25) is 4.79 Å². The molecule has 1 N–H and O–H groups in total. The quantitative estimate of drug-likeness (QED) is 0.831. The average molecular weight is 380 g/mol. The number of likely N-dealkylation sites (tertiary alicyclic amines) is 1. The Balaban J connectivity index is 1.69. The Labute approximate surface area is 153 Å². The molecule has 0 radical (unpaired) electrons. The molecule has 3 rings (SSSR count). The van der Waals surface area contributed by atoms with Gasteiger partial charge in [0.05, 0.1) is 11.7 Å². The number of carbonyl (C=O) groups excluding carboxylic acids is 1. The van der Waals surface area contributed by atoms with Crippen LogP contribution in [0.2, 0.25) is 0 Å². The molecule has 1 aromatic carbocycles. The Kier molecular flexibility index (Phi) is 5.62. The zero-order chi connectivity index (χ0) is 18.7. The van der Waals surface area contributed by atoms with Crippen molar-refractivity contribution in [3.8, 4) is 0 Å². The second kappa shape index (κ2) is 7.75. The summed E-state index contributed by atoms with van der Waals surface area (Å²) in [5.41, 5.74) is 0.714. The number of piperidine rings is 1. The van der Waals surface area contributed by atoms with Crippen LogP contribution < -0.4 is 0 Å². The number of rotatable bonds is 5. The minimum atomic E-state index is -3.51. The summed E-state index contributed by atoms with van der Waals surface area (Å²) in [4.78, 5) is 25.5. The SMILES string of the molecule is O=C(O)[C@@H]1CCCN1C(=O)C1CCCN(S(=O)(=O)Cc2ccccc2)C1. The summed E-state index contributed by atoms with van der Waals surface area (Å²) in [5.74, 6) is -1.76. The molecule has 0 aliphatic carbocycles. The van der Waals surface area contributed by atoms with Gasteiger partial charge < -0.3 is 10.0 Å². The first-order valence-electron chi connectivity index (χ1n) is 8.93. The van der Waals surface area contributed by atoms with Gasteiger partial charge in [-0.2, -0.15) is 0 Å². The van der Waals surface area contributed by atoms with E-state index < -0.39 is 28.0 Å². The van der Waals surface area contributed by atoms with Crippen molar-refractivity contribution in [3.63, 3.8) is 0 Å². The van der Waals surface area contributed by atoms with E-state index in [1.165, 1.54) is 9.21 Å². The summed E-state index contributed by atoms with van der Waals surface area (Å²) in [6.07, 6.45) is 2.34. The predicted octanol–water partition coefficient (Wildman–Crippen LogP) is 1.30. The van der Waals surface area contributed by atoms with Crippen LogP contribution in [0.3, 0.4) is 0 Å². The second-order valence-corrected chi connectivity index (χ2v) is 8.94. The number of nitrogens with zero attached hydrogens (tertiary/aromatic N) is 2. The summed E-state index contributed by atoms with van der Waals surface area (Å²) in [6, 6.07) is 8.19. The van der Waals surface area contributed by atoms with E-state index in [-0.39, 0.29) is 18.2 Å². The maximum absolute atomic E-state index is 12.8. The number of hydrogen-bond donors (Lipinski definition) is 1. The fourth-order valence-corrected chi connectivity index (χ4v) is 5.41. The van der Waals surface area contributed by atoms with Gasteiger partial charge in [0.25, 0.3) is 0 Å². The van der Waals surface area contributed by atoms with Crippen LogP contribution in [0.25, 0.3) is 0 Å². The second-order valence-electron chi connectivity index (χ2n) is 6.97. The molecule has 2 atom stereocenters. The van der Waals surface area contributed by atoms with Gasteiger partial charge in [-0.15, -0.1) is 0 Å². The van der Waals surface area contributed by atoms with Gasteiger partial charge >= 0.3 is 5.97 Å². The molecule has 142 valence electrons. The highest BCUT2D eigenvalue weighted by molar-refractivity contribution is 7.88. The summed E-state index contributed by atoms with van der Waals surface area (Å²) in [7, 11) is -3.51. The zero-order valence-electron chi connectivity index (χ0n) is 14.6. The average Bonchev–Trinajstić information content (AvgIpc) is 3.12. The molecule has 2 fully saturated rings. The number of aliphatic carboxylic acids is 1.